The van der Waals surface area contributed by atoms with Gasteiger partial charge in [0.2, 0.25) is 0 Å². The van der Waals surface area contributed by atoms with Gasteiger partial charge in [0.15, 0.2) is 0 Å². The normalized spacial score (nSPS) is 17.8. The lowest BCUT2D eigenvalue weighted by Gasteiger charge is -2.17. The van der Waals surface area contributed by atoms with E-state index in [1.807, 2.05) is 50.0 Å². The van der Waals surface area contributed by atoms with Gasteiger partial charge in [0.25, 0.3) is 0 Å². The van der Waals surface area contributed by atoms with Crippen LogP contribution in [0, 0.1) is 17.2 Å². The van der Waals surface area contributed by atoms with Gasteiger partial charge in [-0.1, -0.05) is 36.8 Å². The zero-order chi connectivity index (χ0) is 20.6. The number of hydrogen-bond acceptors (Lipinski definition) is 4. The molecule has 1 aliphatic carbocycles. The van der Waals surface area contributed by atoms with E-state index in [-0.39, 0.29) is 6.10 Å². The summed E-state index contributed by atoms with van der Waals surface area (Å²) < 4.78 is 5.71. The van der Waals surface area contributed by atoms with E-state index < -0.39 is 0 Å². The first-order valence-corrected chi connectivity index (χ1v) is 11.5. The molecule has 0 N–H and O–H groups in total. The average molecular weight is 407 g/mol. The highest BCUT2D eigenvalue weighted by molar-refractivity contribution is 8.03. The molecule has 2 aliphatic rings. The maximum absolute atomic E-state index is 9.41. The van der Waals surface area contributed by atoms with Crippen LogP contribution in [-0.2, 0) is 6.42 Å². The van der Waals surface area contributed by atoms with E-state index in [0.29, 0.717) is 17.2 Å². The molecule has 1 fully saturated rings. The summed E-state index contributed by atoms with van der Waals surface area (Å²) in [7, 11) is 0. The molecule has 1 aromatic carbocycles. The molecule has 1 unspecified atom stereocenters. The second-order valence-electron chi connectivity index (χ2n) is 8.01. The zero-order valence-corrected chi connectivity index (χ0v) is 18.5. The second-order valence-corrected chi connectivity index (χ2v) is 9.06. The molecule has 1 aliphatic heterocycles. The Balaban J connectivity index is 1.61. The lowest BCUT2D eigenvalue weighted by atomic mass is 10.1. The molecule has 0 saturated heterocycles. The fourth-order valence-electron chi connectivity index (χ4n) is 3.56. The van der Waals surface area contributed by atoms with Crippen LogP contribution in [-0.4, -0.2) is 17.6 Å². The summed E-state index contributed by atoms with van der Waals surface area (Å²) in [6.07, 6.45) is 14.9. The van der Waals surface area contributed by atoms with Crippen molar-refractivity contribution in [1.29, 1.82) is 5.26 Å². The number of aliphatic imine (C=N–C) groups is 1. The van der Waals surface area contributed by atoms with Crippen molar-refractivity contribution in [2.24, 2.45) is 10.9 Å². The summed E-state index contributed by atoms with van der Waals surface area (Å²) >= 11 is 1.87. The lowest BCUT2D eigenvalue weighted by Crippen LogP contribution is -2.11. The molecule has 0 bridgehead atoms. The summed E-state index contributed by atoms with van der Waals surface area (Å²) in [5, 5.41) is 9.41. The van der Waals surface area contributed by atoms with Gasteiger partial charge >= 0.3 is 0 Å². The molecule has 0 aromatic heterocycles. The van der Waals surface area contributed by atoms with Crippen molar-refractivity contribution in [2.75, 3.05) is 5.75 Å². The summed E-state index contributed by atoms with van der Waals surface area (Å²) in [5.74, 6) is 1.94. The largest absolute Gasteiger partial charge is 0.490 e. The van der Waals surface area contributed by atoms with Gasteiger partial charge in [0.05, 0.1) is 11.7 Å². The molecule has 0 amide bonds. The van der Waals surface area contributed by atoms with Gasteiger partial charge in [0.1, 0.15) is 11.8 Å². The fourth-order valence-corrected chi connectivity index (χ4v) is 4.54. The third-order valence-corrected chi connectivity index (χ3v) is 6.43. The molecule has 1 saturated carbocycles. The van der Waals surface area contributed by atoms with Crippen LogP contribution in [0.1, 0.15) is 57.6 Å². The van der Waals surface area contributed by atoms with Crippen LogP contribution in [0.4, 0.5) is 0 Å². The molecule has 29 heavy (non-hydrogen) atoms. The highest BCUT2D eigenvalue weighted by Crippen LogP contribution is 2.30. The molecule has 3 nitrogen and oxygen atoms in total. The summed E-state index contributed by atoms with van der Waals surface area (Å²) in [5.41, 5.74) is 4.42. The highest BCUT2D eigenvalue weighted by Gasteiger charge is 2.14. The van der Waals surface area contributed by atoms with Crippen molar-refractivity contribution in [1.82, 2.24) is 0 Å². The summed E-state index contributed by atoms with van der Waals surface area (Å²) in [6.45, 7) is 6.17. The first kappa shape index (κ1) is 21.5. The third kappa shape index (κ3) is 6.37. The van der Waals surface area contributed by atoms with Gasteiger partial charge in [0, 0.05) is 34.9 Å². The molecule has 1 aromatic rings. The van der Waals surface area contributed by atoms with E-state index in [0.717, 1.165) is 23.4 Å². The highest BCUT2D eigenvalue weighted by atomic mass is 32.2. The topological polar surface area (TPSA) is 45.4 Å². The van der Waals surface area contributed by atoms with Crippen LogP contribution in [0.2, 0.25) is 0 Å². The number of thioether (sulfide) groups is 1. The average Bonchev–Trinajstić information content (AvgIpc) is 3.22. The van der Waals surface area contributed by atoms with Crippen LogP contribution in [0.25, 0.3) is 0 Å². The third-order valence-electron chi connectivity index (χ3n) is 5.14. The van der Waals surface area contributed by atoms with Crippen molar-refractivity contribution in [3.63, 3.8) is 0 Å². The maximum atomic E-state index is 9.41. The molecular weight excluding hydrogens is 376 g/mol. The first-order chi connectivity index (χ1) is 14.0. The van der Waals surface area contributed by atoms with Crippen molar-refractivity contribution in [3.8, 4) is 11.8 Å². The maximum Gasteiger partial charge on any atom is 0.137 e. The second kappa shape index (κ2) is 10.5. The number of nitriles is 1. The predicted molar refractivity (Wildman–Crippen MR) is 123 cm³/mol. The van der Waals surface area contributed by atoms with Crippen LogP contribution in [0.3, 0.4) is 0 Å². The Labute approximate surface area is 179 Å². The Morgan fingerprint density at radius 1 is 1.24 bits per heavy atom. The molecule has 152 valence electrons. The molecule has 1 atom stereocenters. The molecular formula is C25H30N2OS. The van der Waals surface area contributed by atoms with Crippen LogP contribution < -0.4 is 4.74 Å². The smallest absolute Gasteiger partial charge is 0.137 e. The van der Waals surface area contributed by atoms with Gasteiger partial charge in [-0.25, -0.2) is 0 Å². The summed E-state index contributed by atoms with van der Waals surface area (Å²) in [4.78, 5) is 6.02. The zero-order valence-electron chi connectivity index (χ0n) is 17.6. The van der Waals surface area contributed by atoms with Crippen molar-refractivity contribution in [2.45, 2.75) is 59.0 Å². The SMILES string of the molecule is CC(C)Oc1ccc(CC2=NC=C(C(C)/C=C\C=C3CCCC3)SC2)cc1C#N. The Morgan fingerprint density at radius 3 is 2.69 bits per heavy atom. The predicted octanol–water partition coefficient (Wildman–Crippen LogP) is 6.61. The number of benzene rings is 1. The van der Waals surface area contributed by atoms with Crippen LogP contribution in [0.15, 0.2) is 58.1 Å². The van der Waals surface area contributed by atoms with E-state index >= 15 is 0 Å². The van der Waals surface area contributed by atoms with Crippen molar-refractivity contribution in [3.05, 3.63) is 64.2 Å². The van der Waals surface area contributed by atoms with E-state index in [1.54, 1.807) is 5.57 Å². The van der Waals surface area contributed by atoms with Gasteiger partial charge < -0.3 is 4.74 Å². The Morgan fingerprint density at radius 2 is 2.03 bits per heavy atom. The number of allylic oxidation sites excluding steroid dienone is 5. The fraction of sp³-hybridized carbons (Fsp3) is 0.440. The first-order valence-electron chi connectivity index (χ1n) is 10.5. The van der Waals surface area contributed by atoms with E-state index in [2.05, 4.69) is 31.2 Å². The number of rotatable bonds is 7. The summed E-state index contributed by atoms with van der Waals surface area (Å²) in [6, 6.07) is 8.10. The van der Waals surface area contributed by atoms with Gasteiger partial charge in [-0.15, -0.1) is 11.8 Å². The monoisotopic (exact) mass is 406 g/mol. The number of hydrogen-bond donors (Lipinski definition) is 0. The van der Waals surface area contributed by atoms with Gasteiger partial charge in [-0.3, -0.25) is 4.99 Å². The minimum Gasteiger partial charge on any atom is -0.490 e. The lowest BCUT2D eigenvalue weighted by molar-refractivity contribution is 0.241. The molecule has 0 radical (unpaired) electrons. The minimum absolute atomic E-state index is 0.0565. The van der Waals surface area contributed by atoms with Crippen molar-refractivity contribution >= 4 is 17.5 Å². The minimum atomic E-state index is 0.0565. The van der Waals surface area contributed by atoms with Crippen LogP contribution >= 0.6 is 11.8 Å². The Kier molecular flexibility index (Phi) is 7.77. The standard InChI is InChI=1S/C25H30N2OS/c1-18(2)28-24-12-11-21(13-22(24)15-26)14-23-17-29-25(16-27-23)19(3)7-6-10-20-8-4-5-9-20/h6-7,10-13,16,18-19H,4-5,8-9,14,17H2,1-3H3/b7-6-. The quantitative estimate of drug-likeness (QED) is 0.512. The number of nitrogens with zero attached hydrogens (tertiary/aromatic N) is 2. The number of ether oxygens (including phenoxy) is 1. The Hall–Kier alpha value is -2.25. The van der Waals surface area contributed by atoms with Gasteiger partial charge in [-0.05, 0) is 57.2 Å². The van der Waals surface area contributed by atoms with E-state index in [4.69, 9.17) is 9.73 Å². The van der Waals surface area contributed by atoms with Crippen LogP contribution in [0.5, 0.6) is 5.75 Å². The molecule has 1 heterocycles. The Bertz CT molecular complexity index is 879. The van der Waals surface area contributed by atoms with Gasteiger partial charge in [-0.2, -0.15) is 5.26 Å². The van der Waals surface area contributed by atoms with E-state index in [1.165, 1.54) is 30.6 Å². The molecule has 0 spiro atoms. The molecule has 4 heteroatoms. The van der Waals surface area contributed by atoms with E-state index in [9.17, 15) is 5.26 Å². The van der Waals surface area contributed by atoms with Crippen molar-refractivity contribution < 1.29 is 4.74 Å². The molecule has 3 rings (SSSR count).